The number of benzene rings is 1. The van der Waals surface area contributed by atoms with E-state index in [9.17, 15) is 0 Å². The fraction of sp³-hybridized carbons (Fsp3) is 0.600. The van der Waals surface area contributed by atoms with Gasteiger partial charge in [-0.05, 0) is 24.1 Å². The average molecular weight is 267 g/mol. The van der Waals surface area contributed by atoms with Crippen LogP contribution in [0.3, 0.4) is 0 Å². The quantitative estimate of drug-likeness (QED) is 0.734. The molecule has 0 aliphatic heterocycles. The minimum absolute atomic E-state index is 0.000237. The SMILES string of the molecule is CCCCCC(N)c1cc(OC)c(OC)c(OC)c1. The van der Waals surface area contributed by atoms with Crippen molar-refractivity contribution in [2.45, 2.75) is 38.6 Å². The number of hydrogen-bond acceptors (Lipinski definition) is 4. The maximum Gasteiger partial charge on any atom is 0.203 e. The fourth-order valence-corrected chi connectivity index (χ4v) is 2.10. The number of methoxy groups -OCH3 is 3. The molecule has 1 unspecified atom stereocenters. The molecule has 0 saturated carbocycles. The lowest BCUT2D eigenvalue weighted by molar-refractivity contribution is 0.323. The molecule has 0 amide bonds. The van der Waals surface area contributed by atoms with Crippen molar-refractivity contribution in [2.75, 3.05) is 21.3 Å². The van der Waals surface area contributed by atoms with Gasteiger partial charge in [-0.2, -0.15) is 0 Å². The van der Waals surface area contributed by atoms with Crippen LogP contribution in [0.2, 0.25) is 0 Å². The first kappa shape index (κ1) is 15.6. The van der Waals surface area contributed by atoms with Crippen molar-refractivity contribution in [3.63, 3.8) is 0 Å². The molecule has 0 bridgehead atoms. The molecule has 1 aromatic carbocycles. The third-order valence-electron chi connectivity index (χ3n) is 3.23. The number of rotatable bonds is 8. The molecule has 0 aliphatic carbocycles. The third kappa shape index (κ3) is 4.03. The Morgan fingerprint density at radius 1 is 1.00 bits per heavy atom. The Hall–Kier alpha value is -1.42. The summed E-state index contributed by atoms with van der Waals surface area (Å²) in [6.45, 7) is 2.19. The van der Waals surface area contributed by atoms with E-state index in [1.807, 2.05) is 12.1 Å². The van der Waals surface area contributed by atoms with Crippen molar-refractivity contribution in [3.05, 3.63) is 17.7 Å². The van der Waals surface area contributed by atoms with Gasteiger partial charge in [0.25, 0.3) is 0 Å². The molecule has 4 nitrogen and oxygen atoms in total. The second-order valence-corrected chi connectivity index (χ2v) is 4.56. The van der Waals surface area contributed by atoms with Gasteiger partial charge in [-0.15, -0.1) is 0 Å². The Bertz CT molecular complexity index is 368. The molecule has 0 fully saturated rings. The molecule has 108 valence electrons. The molecule has 1 rings (SSSR count). The zero-order valence-electron chi connectivity index (χ0n) is 12.4. The Labute approximate surface area is 115 Å². The van der Waals surface area contributed by atoms with E-state index in [1.54, 1.807) is 21.3 Å². The molecule has 1 atom stereocenters. The predicted molar refractivity (Wildman–Crippen MR) is 77.2 cm³/mol. The van der Waals surface area contributed by atoms with Crippen LogP contribution >= 0.6 is 0 Å². The van der Waals surface area contributed by atoms with Crippen LogP contribution in [0.1, 0.15) is 44.2 Å². The Morgan fingerprint density at radius 3 is 2.00 bits per heavy atom. The van der Waals surface area contributed by atoms with Crippen LogP contribution in [0.25, 0.3) is 0 Å². The lowest BCUT2D eigenvalue weighted by Gasteiger charge is -2.17. The van der Waals surface area contributed by atoms with Gasteiger partial charge in [-0.1, -0.05) is 26.2 Å². The van der Waals surface area contributed by atoms with Crippen molar-refractivity contribution in [3.8, 4) is 17.2 Å². The summed E-state index contributed by atoms with van der Waals surface area (Å²) in [5.41, 5.74) is 7.24. The van der Waals surface area contributed by atoms with Crippen LogP contribution < -0.4 is 19.9 Å². The second kappa shape index (κ2) is 7.89. The van der Waals surface area contributed by atoms with E-state index in [-0.39, 0.29) is 6.04 Å². The molecule has 0 aromatic heterocycles. The van der Waals surface area contributed by atoms with Gasteiger partial charge in [0.2, 0.25) is 5.75 Å². The topological polar surface area (TPSA) is 53.7 Å². The highest BCUT2D eigenvalue weighted by molar-refractivity contribution is 5.54. The monoisotopic (exact) mass is 267 g/mol. The number of ether oxygens (including phenoxy) is 3. The largest absolute Gasteiger partial charge is 0.493 e. The average Bonchev–Trinajstić information content (AvgIpc) is 2.45. The van der Waals surface area contributed by atoms with Gasteiger partial charge in [-0.25, -0.2) is 0 Å². The zero-order chi connectivity index (χ0) is 14.3. The highest BCUT2D eigenvalue weighted by Gasteiger charge is 2.16. The first-order valence-electron chi connectivity index (χ1n) is 6.73. The molecule has 0 aliphatic rings. The summed E-state index contributed by atoms with van der Waals surface area (Å²) >= 11 is 0. The van der Waals surface area contributed by atoms with E-state index < -0.39 is 0 Å². The Kier molecular flexibility index (Phi) is 6.50. The minimum Gasteiger partial charge on any atom is -0.493 e. The number of hydrogen-bond donors (Lipinski definition) is 1. The van der Waals surface area contributed by atoms with Crippen LogP contribution in [0.15, 0.2) is 12.1 Å². The van der Waals surface area contributed by atoms with E-state index in [0.29, 0.717) is 17.2 Å². The van der Waals surface area contributed by atoms with Gasteiger partial charge in [0.15, 0.2) is 11.5 Å². The van der Waals surface area contributed by atoms with E-state index in [2.05, 4.69) is 6.92 Å². The Balaban J connectivity index is 2.95. The van der Waals surface area contributed by atoms with Crippen LogP contribution in [0.5, 0.6) is 17.2 Å². The number of unbranched alkanes of at least 4 members (excludes halogenated alkanes) is 2. The summed E-state index contributed by atoms with van der Waals surface area (Å²) in [5.74, 6) is 1.92. The van der Waals surface area contributed by atoms with Gasteiger partial charge in [-0.3, -0.25) is 0 Å². The van der Waals surface area contributed by atoms with Gasteiger partial charge < -0.3 is 19.9 Å². The molecule has 0 saturated heterocycles. The maximum atomic E-state index is 6.22. The highest BCUT2D eigenvalue weighted by Crippen LogP contribution is 2.39. The molecular formula is C15H25NO3. The number of nitrogens with two attached hydrogens (primary N) is 1. The van der Waals surface area contributed by atoms with Gasteiger partial charge in [0, 0.05) is 6.04 Å². The predicted octanol–water partition coefficient (Wildman–Crippen LogP) is 3.29. The Morgan fingerprint density at radius 2 is 1.58 bits per heavy atom. The summed E-state index contributed by atoms with van der Waals surface area (Å²) in [6, 6.07) is 3.86. The summed E-state index contributed by atoms with van der Waals surface area (Å²) in [6.07, 6.45) is 4.50. The summed E-state index contributed by atoms with van der Waals surface area (Å²) in [5, 5.41) is 0. The normalized spacial score (nSPS) is 12.1. The van der Waals surface area contributed by atoms with Crippen LogP contribution in [0, 0.1) is 0 Å². The van der Waals surface area contributed by atoms with Crippen molar-refractivity contribution in [1.29, 1.82) is 0 Å². The summed E-state index contributed by atoms with van der Waals surface area (Å²) in [4.78, 5) is 0. The standard InChI is InChI=1S/C15H25NO3/c1-5-6-7-8-12(16)11-9-13(17-2)15(19-4)14(10-11)18-3/h9-10,12H,5-8,16H2,1-4H3. The first-order chi connectivity index (χ1) is 9.17. The first-order valence-corrected chi connectivity index (χ1v) is 6.73. The minimum atomic E-state index is 0.000237. The third-order valence-corrected chi connectivity index (χ3v) is 3.23. The van der Waals surface area contributed by atoms with Crippen molar-refractivity contribution < 1.29 is 14.2 Å². The summed E-state index contributed by atoms with van der Waals surface area (Å²) in [7, 11) is 4.83. The zero-order valence-corrected chi connectivity index (χ0v) is 12.4. The van der Waals surface area contributed by atoms with Gasteiger partial charge in [0.05, 0.1) is 21.3 Å². The molecule has 2 N–H and O–H groups in total. The second-order valence-electron chi connectivity index (χ2n) is 4.56. The molecule has 0 spiro atoms. The van der Waals surface area contributed by atoms with Crippen molar-refractivity contribution in [1.82, 2.24) is 0 Å². The summed E-state index contributed by atoms with van der Waals surface area (Å²) < 4.78 is 16.0. The van der Waals surface area contributed by atoms with Crippen molar-refractivity contribution >= 4 is 0 Å². The lowest BCUT2D eigenvalue weighted by Crippen LogP contribution is -2.11. The fourth-order valence-electron chi connectivity index (χ4n) is 2.10. The molecule has 0 radical (unpaired) electrons. The van der Waals surface area contributed by atoms with Gasteiger partial charge in [0.1, 0.15) is 0 Å². The van der Waals surface area contributed by atoms with E-state index in [0.717, 1.165) is 18.4 Å². The molecule has 0 heterocycles. The van der Waals surface area contributed by atoms with Crippen LogP contribution in [0.4, 0.5) is 0 Å². The van der Waals surface area contributed by atoms with Crippen LogP contribution in [-0.4, -0.2) is 21.3 Å². The van der Waals surface area contributed by atoms with E-state index in [1.165, 1.54) is 12.8 Å². The van der Waals surface area contributed by atoms with Crippen LogP contribution in [-0.2, 0) is 0 Å². The highest BCUT2D eigenvalue weighted by atomic mass is 16.5. The van der Waals surface area contributed by atoms with Gasteiger partial charge >= 0.3 is 0 Å². The maximum absolute atomic E-state index is 6.22. The van der Waals surface area contributed by atoms with E-state index in [4.69, 9.17) is 19.9 Å². The van der Waals surface area contributed by atoms with Crippen molar-refractivity contribution in [2.24, 2.45) is 5.73 Å². The molecule has 1 aromatic rings. The smallest absolute Gasteiger partial charge is 0.203 e. The molecule has 4 heteroatoms. The molecular weight excluding hydrogens is 242 g/mol. The lowest BCUT2D eigenvalue weighted by atomic mass is 10.0. The molecule has 19 heavy (non-hydrogen) atoms. The van der Waals surface area contributed by atoms with E-state index >= 15 is 0 Å².